The van der Waals surface area contributed by atoms with Crippen LogP contribution in [-0.2, 0) is 0 Å². The predicted octanol–water partition coefficient (Wildman–Crippen LogP) is 4.08. The van der Waals surface area contributed by atoms with Crippen LogP contribution >= 0.6 is 11.6 Å². The second kappa shape index (κ2) is 6.83. The Kier molecular flexibility index (Phi) is 5.10. The van der Waals surface area contributed by atoms with Crippen molar-refractivity contribution in [3.63, 3.8) is 0 Å². The summed E-state index contributed by atoms with van der Waals surface area (Å²) < 4.78 is 10.8. The zero-order valence-electron chi connectivity index (χ0n) is 12.4. The Balaban J connectivity index is 2.05. The largest absolute Gasteiger partial charge is 0.497 e. The van der Waals surface area contributed by atoms with Crippen molar-refractivity contribution in [1.29, 1.82) is 0 Å². The molecule has 0 amide bonds. The summed E-state index contributed by atoms with van der Waals surface area (Å²) in [6.07, 6.45) is -0.712. The fourth-order valence-electron chi connectivity index (χ4n) is 2.11. The maximum Gasteiger partial charge on any atom is 0.120 e. The van der Waals surface area contributed by atoms with E-state index in [1.165, 1.54) is 0 Å². The Bertz CT molecular complexity index is 602. The summed E-state index contributed by atoms with van der Waals surface area (Å²) in [5.74, 6) is 1.42. The van der Waals surface area contributed by atoms with Crippen molar-refractivity contribution in [2.75, 3.05) is 13.7 Å². The lowest BCUT2D eigenvalue weighted by Crippen LogP contribution is -2.10. The van der Waals surface area contributed by atoms with Crippen molar-refractivity contribution >= 4 is 11.6 Å². The third-order valence-corrected chi connectivity index (χ3v) is 3.89. The summed E-state index contributed by atoms with van der Waals surface area (Å²) in [5, 5.41) is 10.9. The Morgan fingerprint density at radius 3 is 2.38 bits per heavy atom. The fourth-order valence-corrected chi connectivity index (χ4v) is 2.22. The van der Waals surface area contributed by atoms with Crippen LogP contribution in [0.25, 0.3) is 0 Å². The van der Waals surface area contributed by atoms with Gasteiger partial charge in [-0.15, -0.1) is 0 Å². The van der Waals surface area contributed by atoms with Crippen molar-refractivity contribution in [2.45, 2.75) is 20.0 Å². The number of methoxy groups -OCH3 is 1. The summed E-state index contributed by atoms with van der Waals surface area (Å²) >= 11 is 6.12. The van der Waals surface area contributed by atoms with Crippen molar-refractivity contribution in [3.05, 3.63) is 58.1 Å². The SMILES string of the molecule is COc1cccc(C(O)COc2cc(C)c(Cl)c(C)c2)c1. The molecule has 0 fully saturated rings. The van der Waals surface area contributed by atoms with Crippen LogP contribution in [-0.4, -0.2) is 18.8 Å². The maximum atomic E-state index is 10.2. The smallest absolute Gasteiger partial charge is 0.120 e. The monoisotopic (exact) mass is 306 g/mol. The lowest BCUT2D eigenvalue weighted by Gasteiger charge is -2.15. The zero-order valence-corrected chi connectivity index (χ0v) is 13.1. The molecule has 3 nitrogen and oxygen atoms in total. The molecule has 0 spiro atoms. The molecule has 0 radical (unpaired) electrons. The number of benzene rings is 2. The summed E-state index contributed by atoms with van der Waals surface area (Å²) in [6.45, 7) is 4.04. The first-order chi connectivity index (χ1) is 10.0. The Labute approximate surface area is 130 Å². The second-order valence-electron chi connectivity index (χ2n) is 4.97. The van der Waals surface area contributed by atoms with E-state index in [1.54, 1.807) is 13.2 Å². The third kappa shape index (κ3) is 3.90. The molecule has 21 heavy (non-hydrogen) atoms. The van der Waals surface area contributed by atoms with Gasteiger partial charge in [-0.2, -0.15) is 0 Å². The quantitative estimate of drug-likeness (QED) is 0.904. The zero-order chi connectivity index (χ0) is 15.4. The molecule has 0 aromatic heterocycles. The van der Waals surface area contributed by atoms with Crippen LogP contribution in [0.4, 0.5) is 0 Å². The molecule has 1 atom stereocenters. The van der Waals surface area contributed by atoms with Gasteiger partial charge in [-0.3, -0.25) is 0 Å². The minimum Gasteiger partial charge on any atom is -0.497 e. The Morgan fingerprint density at radius 2 is 1.76 bits per heavy atom. The molecule has 0 bridgehead atoms. The van der Waals surface area contributed by atoms with Gasteiger partial charge >= 0.3 is 0 Å². The van der Waals surface area contributed by atoms with Gasteiger partial charge in [-0.1, -0.05) is 23.7 Å². The molecular weight excluding hydrogens is 288 g/mol. The minimum atomic E-state index is -0.712. The highest BCUT2D eigenvalue weighted by atomic mass is 35.5. The number of aliphatic hydroxyl groups is 1. The standard InChI is InChI=1S/C17H19ClO3/c1-11-7-15(8-12(2)17(11)18)21-10-16(19)13-5-4-6-14(9-13)20-3/h4-9,16,19H,10H2,1-3H3. The van der Waals surface area contributed by atoms with Gasteiger partial charge in [0, 0.05) is 5.02 Å². The van der Waals surface area contributed by atoms with Crippen molar-refractivity contribution in [2.24, 2.45) is 0 Å². The maximum absolute atomic E-state index is 10.2. The van der Waals surface area contributed by atoms with Crippen LogP contribution in [0, 0.1) is 13.8 Å². The summed E-state index contributed by atoms with van der Waals surface area (Å²) in [5.41, 5.74) is 2.68. The van der Waals surface area contributed by atoms with Crippen molar-refractivity contribution in [1.82, 2.24) is 0 Å². The first-order valence-corrected chi connectivity index (χ1v) is 7.10. The lowest BCUT2D eigenvalue weighted by atomic mass is 10.1. The number of aryl methyl sites for hydroxylation is 2. The molecule has 2 rings (SSSR count). The molecule has 1 unspecified atom stereocenters. The molecule has 0 saturated heterocycles. The van der Waals surface area contributed by atoms with E-state index >= 15 is 0 Å². The highest BCUT2D eigenvalue weighted by Gasteiger charge is 2.10. The Morgan fingerprint density at radius 1 is 1.10 bits per heavy atom. The average molecular weight is 307 g/mol. The number of halogens is 1. The molecule has 0 aliphatic carbocycles. The molecule has 0 heterocycles. The van der Waals surface area contributed by atoms with Crippen molar-refractivity contribution in [3.8, 4) is 11.5 Å². The van der Waals surface area contributed by atoms with E-state index < -0.39 is 6.10 Å². The lowest BCUT2D eigenvalue weighted by molar-refractivity contribution is 0.108. The van der Waals surface area contributed by atoms with E-state index in [-0.39, 0.29) is 6.61 Å². The molecule has 0 aliphatic rings. The van der Waals surface area contributed by atoms with E-state index in [2.05, 4.69) is 0 Å². The van der Waals surface area contributed by atoms with Crippen molar-refractivity contribution < 1.29 is 14.6 Å². The first-order valence-electron chi connectivity index (χ1n) is 6.73. The molecule has 2 aromatic rings. The summed E-state index contributed by atoms with van der Waals surface area (Å²) in [6, 6.07) is 11.1. The number of hydrogen-bond acceptors (Lipinski definition) is 3. The normalized spacial score (nSPS) is 12.0. The van der Waals surface area contributed by atoms with Gasteiger partial charge in [-0.05, 0) is 54.8 Å². The van der Waals surface area contributed by atoms with E-state index in [0.717, 1.165) is 21.7 Å². The third-order valence-electron chi connectivity index (χ3n) is 3.30. The summed E-state index contributed by atoms with van der Waals surface area (Å²) in [7, 11) is 1.60. The Hall–Kier alpha value is -1.71. The molecular formula is C17H19ClO3. The van der Waals surface area contributed by atoms with Crippen LogP contribution in [0.15, 0.2) is 36.4 Å². The van der Waals surface area contributed by atoms with E-state index in [9.17, 15) is 5.11 Å². The fraction of sp³-hybridized carbons (Fsp3) is 0.294. The van der Waals surface area contributed by atoms with Gasteiger partial charge in [0.1, 0.15) is 24.2 Å². The predicted molar refractivity (Wildman–Crippen MR) is 84.4 cm³/mol. The number of hydrogen-bond donors (Lipinski definition) is 1. The van der Waals surface area contributed by atoms with E-state index in [1.807, 2.05) is 44.2 Å². The highest BCUT2D eigenvalue weighted by molar-refractivity contribution is 6.32. The van der Waals surface area contributed by atoms with Crippen LogP contribution in [0.2, 0.25) is 5.02 Å². The van der Waals surface area contributed by atoms with Gasteiger partial charge in [0.15, 0.2) is 0 Å². The molecule has 1 N–H and O–H groups in total. The topological polar surface area (TPSA) is 38.7 Å². The summed E-state index contributed by atoms with van der Waals surface area (Å²) in [4.78, 5) is 0. The van der Waals surface area contributed by atoms with Crippen LogP contribution in [0.1, 0.15) is 22.8 Å². The highest BCUT2D eigenvalue weighted by Crippen LogP contribution is 2.27. The molecule has 0 saturated carbocycles. The molecule has 2 aromatic carbocycles. The molecule has 4 heteroatoms. The number of aliphatic hydroxyl groups excluding tert-OH is 1. The number of rotatable bonds is 5. The second-order valence-corrected chi connectivity index (χ2v) is 5.35. The van der Waals surface area contributed by atoms with Crippen LogP contribution < -0.4 is 9.47 Å². The van der Waals surface area contributed by atoms with E-state index in [4.69, 9.17) is 21.1 Å². The molecule has 0 aliphatic heterocycles. The van der Waals surface area contributed by atoms with Gasteiger partial charge < -0.3 is 14.6 Å². The first kappa shape index (κ1) is 15.7. The van der Waals surface area contributed by atoms with Gasteiger partial charge in [0.05, 0.1) is 7.11 Å². The number of ether oxygens (including phenoxy) is 2. The minimum absolute atomic E-state index is 0.174. The molecule has 112 valence electrons. The van der Waals surface area contributed by atoms with Gasteiger partial charge in [-0.25, -0.2) is 0 Å². The van der Waals surface area contributed by atoms with Crippen LogP contribution in [0.5, 0.6) is 11.5 Å². The van der Waals surface area contributed by atoms with Gasteiger partial charge in [0.25, 0.3) is 0 Å². The van der Waals surface area contributed by atoms with E-state index in [0.29, 0.717) is 11.5 Å². The average Bonchev–Trinajstić information content (AvgIpc) is 2.50. The van der Waals surface area contributed by atoms with Crippen LogP contribution in [0.3, 0.4) is 0 Å². The van der Waals surface area contributed by atoms with Gasteiger partial charge in [0.2, 0.25) is 0 Å².